The first-order chi connectivity index (χ1) is 7.78. The van der Waals surface area contributed by atoms with Gasteiger partial charge in [0.25, 0.3) is 0 Å². The van der Waals surface area contributed by atoms with Gasteiger partial charge in [-0.25, -0.2) is 4.98 Å². The Hall–Kier alpha value is -1.62. The Bertz CT molecular complexity index is 467. The van der Waals surface area contributed by atoms with Gasteiger partial charge in [0.1, 0.15) is 5.82 Å². The van der Waals surface area contributed by atoms with Crippen LogP contribution in [0.1, 0.15) is 9.75 Å². The van der Waals surface area contributed by atoms with Gasteiger partial charge >= 0.3 is 0 Å². The highest BCUT2D eigenvalue weighted by atomic mass is 32.1. The van der Waals surface area contributed by atoms with E-state index in [-0.39, 0.29) is 0 Å². The third-order valence-corrected chi connectivity index (χ3v) is 3.12. The minimum Gasteiger partial charge on any atom is -0.365 e. The lowest BCUT2D eigenvalue weighted by Crippen LogP contribution is -2.02. The summed E-state index contributed by atoms with van der Waals surface area (Å²) in [6, 6.07) is 6.12. The molecular weight excluding hydrogens is 220 g/mol. The van der Waals surface area contributed by atoms with Gasteiger partial charge in [-0.2, -0.15) is 4.98 Å². The van der Waals surface area contributed by atoms with Gasteiger partial charge in [0, 0.05) is 23.0 Å². The lowest BCUT2D eigenvalue weighted by Gasteiger charge is -2.04. The third-order valence-electron chi connectivity index (χ3n) is 2.12. The van der Waals surface area contributed by atoms with Crippen molar-refractivity contribution in [1.29, 1.82) is 0 Å². The van der Waals surface area contributed by atoms with Crippen LogP contribution in [0.4, 0.5) is 11.8 Å². The number of nitrogens with zero attached hydrogens (tertiary/aromatic N) is 2. The second-order valence-corrected chi connectivity index (χ2v) is 4.75. The number of thiophene rings is 1. The van der Waals surface area contributed by atoms with E-state index < -0.39 is 0 Å². The maximum atomic E-state index is 4.28. The molecule has 84 valence electrons. The molecule has 2 aromatic rings. The number of aryl methyl sites for hydroxylation is 1. The maximum Gasteiger partial charge on any atom is 0.224 e. The number of rotatable bonds is 4. The van der Waals surface area contributed by atoms with Crippen LogP contribution in [-0.2, 0) is 6.54 Å². The summed E-state index contributed by atoms with van der Waals surface area (Å²) in [6.07, 6.45) is 1.74. The molecule has 0 bridgehead atoms. The predicted octanol–water partition coefficient (Wildman–Crippen LogP) is 2.50. The molecule has 0 aromatic carbocycles. The predicted molar refractivity (Wildman–Crippen MR) is 68.0 cm³/mol. The lowest BCUT2D eigenvalue weighted by molar-refractivity contribution is 1.09. The van der Waals surface area contributed by atoms with Crippen molar-refractivity contribution < 1.29 is 0 Å². The van der Waals surface area contributed by atoms with E-state index in [9.17, 15) is 0 Å². The molecule has 0 aliphatic heterocycles. The number of anilines is 2. The van der Waals surface area contributed by atoms with Crippen molar-refractivity contribution in [1.82, 2.24) is 9.97 Å². The summed E-state index contributed by atoms with van der Waals surface area (Å²) in [5.74, 6) is 1.47. The van der Waals surface area contributed by atoms with Crippen LogP contribution in [-0.4, -0.2) is 17.0 Å². The van der Waals surface area contributed by atoms with Crippen LogP contribution in [0.25, 0.3) is 0 Å². The van der Waals surface area contributed by atoms with Crippen molar-refractivity contribution in [2.24, 2.45) is 0 Å². The van der Waals surface area contributed by atoms with E-state index in [1.54, 1.807) is 17.5 Å². The highest BCUT2D eigenvalue weighted by Gasteiger charge is 1.99. The summed E-state index contributed by atoms with van der Waals surface area (Å²) in [5, 5.41) is 6.18. The van der Waals surface area contributed by atoms with Gasteiger partial charge in [-0.05, 0) is 25.1 Å². The average molecular weight is 234 g/mol. The Kier molecular flexibility index (Phi) is 3.36. The molecule has 0 saturated carbocycles. The molecular formula is C11H14N4S. The smallest absolute Gasteiger partial charge is 0.224 e. The van der Waals surface area contributed by atoms with E-state index in [0.29, 0.717) is 5.95 Å². The van der Waals surface area contributed by atoms with E-state index in [1.165, 1.54) is 9.75 Å². The minimum absolute atomic E-state index is 0.632. The van der Waals surface area contributed by atoms with Gasteiger partial charge in [-0.15, -0.1) is 11.3 Å². The molecule has 4 nitrogen and oxygen atoms in total. The molecule has 0 spiro atoms. The zero-order valence-electron chi connectivity index (χ0n) is 9.32. The summed E-state index contributed by atoms with van der Waals surface area (Å²) in [4.78, 5) is 11.0. The highest BCUT2D eigenvalue weighted by molar-refractivity contribution is 7.11. The first-order valence-corrected chi connectivity index (χ1v) is 5.89. The van der Waals surface area contributed by atoms with E-state index in [1.807, 2.05) is 13.1 Å². The van der Waals surface area contributed by atoms with Gasteiger partial charge in [0.05, 0.1) is 6.54 Å². The molecule has 0 radical (unpaired) electrons. The van der Waals surface area contributed by atoms with Crippen LogP contribution in [0.3, 0.4) is 0 Å². The van der Waals surface area contributed by atoms with Gasteiger partial charge in [0.15, 0.2) is 0 Å². The summed E-state index contributed by atoms with van der Waals surface area (Å²) in [5.41, 5.74) is 0. The molecule has 0 fully saturated rings. The van der Waals surface area contributed by atoms with Gasteiger partial charge in [-0.1, -0.05) is 0 Å². The van der Waals surface area contributed by atoms with E-state index in [2.05, 4.69) is 39.7 Å². The number of nitrogens with one attached hydrogen (secondary N) is 2. The number of hydrogen-bond acceptors (Lipinski definition) is 5. The SMILES string of the molecule is CNc1nccc(NCc2ccc(C)s2)n1. The van der Waals surface area contributed by atoms with E-state index in [0.717, 1.165) is 12.4 Å². The highest BCUT2D eigenvalue weighted by Crippen LogP contribution is 2.16. The molecule has 0 amide bonds. The molecule has 2 rings (SSSR count). The van der Waals surface area contributed by atoms with Crippen LogP contribution >= 0.6 is 11.3 Å². The summed E-state index contributed by atoms with van der Waals surface area (Å²) in [7, 11) is 1.81. The third kappa shape index (κ3) is 2.70. The molecule has 0 atom stereocenters. The second kappa shape index (κ2) is 4.94. The summed E-state index contributed by atoms with van der Waals surface area (Å²) in [6.45, 7) is 2.91. The van der Waals surface area contributed by atoms with Crippen molar-refractivity contribution in [2.75, 3.05) is 17.7 Å². The Balaban J connectivity index is 1.99. The largest absolute Gasteiger partial charge is 0.365 e. The number of hydrogen-bond donors (Lipinski definition) is 2. The standard InChI is InChI=1S/C11H14N4S/c1-8-3-4-9(16-8)7-14-10-5-6-13-11(12-2)15-10/h3-6H,7H2,1-2H3,(H2,12,13,14,15). The van der Waals surface area contributed by atoms with Crippen LogP contribution in [0.2, 0.25) is 0 Å². The van der Waals surface area contributed by atoms with Gasteiger partial charge < -0.3 is 10.6 Å². The first-order valence-electron chi connectivity index (χ1n) is 5.08. The van der Waals surface area contributed by atoms with E-state index >= 15 is 0 Å². The fourth-order valence-corrected chi connectivity index (χ4v) is 2.17. The van der Waals surface area contributed by atoms with Crippen LogP contribution < -0.4 is 10.6 Å². The Morgan fingerprint density at radius 2 is 2.19 bits per heavy atom. The fourth-order valence-electron chi connectivity index (χ4n) is 1.34. The van der Waals surface area contributed by atoms with Gasteiger partial charge in [-0.3, -0.25) is 0 Å². The van der Waals surface area contributed by atoms with E-state index in [4.69, 9.17) is 0 Å². The van der Waals surface area contributed by atoms with Crippen LogP contribution in [0.5, 0.6) is 0 Å². The maximum absolute atomic E-state index is 4.28. The quantitative estimate of drug-likeness (QED) is 0.853. The summed E-state index contributed by atoms with van der Waals surface area (Å²) >= 11 is 1.80. The molecule has 2 heterocycles. The van der Waals surface area contributed by atoms with Gasteiger partial charge in [0.2, 0.25) is 5.95 Å². The Morgan fingerprint density at radius 1 is 1.31 bits per heavy atom. The lowest BCUT2D eigenvalue weighted by atomic mass is 10.4. The molecule has 0 aliphatic carbocycles. The first kappa shape index (κ1) is 10.9. The zero-order chi connectivity index (χ0) is 11.4. The molecule has 16 heavy (non-hydrogen) atoms. The van der Waals surface area contributed by atoms with Crippen LogP contribution in [0.15, 0.2) is 24.4 Å². The normalized spacial score (nSPS) is 10.1. The second-order valence-electron chi connectivity index (χ2n) is 3.38. The zero-order valence-corrected chi connectivity index (χ0v) is 10.1. The molecule has 5 heteroatoms. The summed E-state index contributed by atoms with van der Waals surface area (Å²) < 4.78 is 0. The van der Waals surface area contributed by atoms with Crippen molar-refractivity contribution in [2.45, 2.75) is 13.5 Å². The van der Waals surface area contributed by atoms with Crippen molar-refractivity contribution >= 4 is 23.1 Å². The molecule has 2 aromatic heterocycles. The average Bonchev–Trinajstić information content (AvgIpc) is 2.73. The monoisotopic (exact) mass is 234 g/mol. The number of aromatic nitrogens is 2. The fraction of sp³-hybridized carbons (Fsp3) is 0.273. The molecule has 2 N–H and O–H groups in total. The molecule has 0 unspecified atom stereocenters. The molecule has 0 aliphatic rings. The Labute approximate surface area is 98.8 Å². The van der Waals surface area contributed by atoms with Crippen molar-refractivity contribution in [3.05, 3.63) is 34.2 Å². The minimum atomic E-state index is 0.632. The van der Waals surface area contributed by atoms with Crippen molar-refractivity contribution in [3.8, 4) is 0 Å². The molecule has 0 saturated heterocycles. The Morgan fingerprint density at radius 3 is 2.88 bits per heavy atom. The topological polar surface area (TPSA) is 49.8 Å². The van der Waals surface area contributed by atoms with Crippen LogP contribution in [0, 0.1) is 6.92 Å². The van der Waals surface area contributed by atoms with Crippen molar-refractivity contribution in [3.63, 3.8) is 0 Å².